The van der Waals surface area contributed by atoms with Crippen LogP contribution in [0.25, 0.3) is 10.9 Å². The average molecular weight is 922 g/mol. The van der Waals surface area contributed by atoms with Gasteiger partial charge in [-0.2, -0.15) is 0 Å². The van der Waals surface area contributed by atoms with Crippen LogP contribution in [0.4, 0.5) is 0 Å². The highest BCUT2D eigenvalue weighted by molar-refractivity contribution is 5.89. The second-order valence-corrected chi connectivity index (χ2v) is 17.4. The Morgan fingerprint density at radius 1 is 0.493 bits per heavy atom. The number of para-hydroxylation sites is 1. The molecule has 69 heavy (non-hydrogen) atoms. The van der Waals surface area contributed by atoms with E-state index in [4.69, 9.17) is 33.2 Å². The van der Waals surface area contributed by atoms with Crippen molar-refractivity contribution in [1.82, 2.24) is 4.57 Å². The Labute approximate surface area is 405 Å². The predicted molar refractivity (Wildman–Crippen MR) is 267 cm³/mol. The van der Waals surface area contributed by atoms with Gasteiger partial charge in [0.2, 0.25) is 0 Å². The van der Waals surface area contributed by atoms with Crippen molar-refractivity contribution in [3.63, 3.8) is 0 Å². The number of hydrogen-bond donors (Lipinski definition) is 0. The van der Waals surface area contributed by atoms with Gasteiger partial charge in [0.05, 0.1) is 57.3 Å². The van der Waals surface area contributed by atoms with Crippen LogP contribution >= 0.6 is 0 Å². The smallest absolute Gasteiger partial charge is 0.338 e. The molecule has 1 saturated heterocycles. The molecule has 1 fully saturated rings. The summed E-state index contributed by atoms with van der Waals surface area (Å²) in [7, 11) is 0. The van der Waals surface area contributed by atoms with Crippen LogP contribution in [-0.4, -0.2) is 54.8 Å². The lowest BCUT2D eigenvalue weighted by atomic mass is 9.90. The van der Waals surface area contributed by atoms with E-state index in [1.54, 1.807) is 0 Å². The summed E-state index contributed by atoms with van der Waals surface area (Å²) in [5.41, 5.74) is 9.95. The maximum atomic E-state index is 13.0. The fraction of sp³-hybridized carbons (Fsp3) is 0.250. The van der Waals surface area contributed by atoms with Crippen LogP contribution in [0.5, 0.6) is 0 Å². The van der Waals surface area contributed by atoms with Crippen LogP contribution in [0.2, 0.25) is 0 Å². The number of hydrogen-bond acceptors (Lipinski definition) is 8. The van der Waals surface area contributed by atoms with Gasteiger partial charge in [-0.05, 0) is 58.0 Å². The zero-order valence-electron chi connectivity index (χ0n) is 39.0. The number of aryl methyl sites for hydroxylation is 1. The third kappa shape index (κ3) is 12.7. The van der Waals surface area contributed by atoms with Crippen molar-refractivity contribution in [2.75, 3.05) is 19.8 Å². The van der Waals surface area contributed by atoms with Gasteiger partial charge < -0.3 is 37.7 Å². The minimum Gasteiger partial charge on any atom is -0.460 e. The Bertz CT molecular complexity index is 2790. The van der Waals surface area contributed by atoms with E-state index in [2.05, 4.69) is 84.4 Å². The SMILES string of the molecule is Cc1cccc2c([C@@H]3O[C@H](COCc4ccccc4)[C@@H](OCc4ccccc4)[C@H](OCc4ccccc4)[C@H]3OCc3ccccc3)cn(Cc3ccc(C(=O)OCCOCc4ccccc4)cc3)c12. The number of nitrogens with zero attached hydrogens (tertiary/aromatic N) is 1. The second kappa shape index (κ2) is 24.0. The van der Waals surface area contributed by atoms with Gasteiger partial charge in [0.15, 0.2) is 0 Å². The van der Waals surface area contributed by atoms with Gasteiger partial charge in [0.1, 0.15) is 37.1 Å². The third-order valence-corrected chi connectivity index (χ3v) is 12.4. The summed E-state index contributed by atoms with van der Waals surface area (Å²) in [6.07, 6.45) is -0.674. The Kier molecular flexibility index (Phi) is 16.5. The topological polar surface area (TPSA) is 86.6 Å². The number of rotatable bonds is 22. The molecular weight excluding hydrogens is 863 g/mol. The molecule has 7 aromatic carbocycles. The van der Waals surface area contributed by atoms with E-state index in [1.807, 2.05) is 127 Å². The van der Waals surface area contributed by atoms with Gasteiger partial charge in [0.25, 0.3) is 0 Å². The van der Waals surface area contributed by atoms with Crippen molar-refractivity contribution >= 4 is 16.9 Å². The summed E-state index contributed by atoms with van der Waals surface area (Å²) in [5, 5.41) is 1.05. The number of esters is 1. The van der Waals surface area contributed by atoms with Crippen LogP contribution in [0, 0.1) is 6.92 Å². The minimum atomic E-state index is -0.603. The predicted octanol–water partition coefficient (Wildman–Crippen LogP) is 11.8. The van der Waals surface area contributed by atoms with E-state index >= 15 is 0 Å². The van der Waals surface area contributed by atoms with Crippen molar-refractivity contribution in [2.45, 2.75) is 77.0 Å². The molecule has 2 heterocycles. The first-order valence-electron chi connectivity index (χ1n) is 23.8. The molecule has 8 aromatic rings. The standard InChI is InChI=1S/C60H59NO8/c1-44-18-17-29-52-53(37-61(55(44)52)36-45-30-32-51(33-31-45)60(62)65-35-34-63-38-46-19-7-2-8-20-46)56-58(67-41-49-25-13-5-14-26-49)59(68-42-50-27-15-6-16-28-50)57(66-40-48-23-11-4-12-24-48)54(69-56)43-64-39-47-21-9-3-10-22-47/h2-33,37,54,56-59H,34-36,38-43H2,1H3/t54-,56+,57-,58+,59+/m1/s1. The number of benzene rings is 7. The second-order valence-electron chi connectivity index (χ2n) is 17.4. The number of carbonyl (C=O) groups excluding carboxylic acids is 1. The lowest BCUT2D eigenvalue weighted by molar-refractivity contribution is -0.274. The molecule has 0 bridgehead atoms. The highest BCUT2D eigenvalue weighted by Crippen LogP contribution is 2.42. The number of aromatic nitrogens is 1. The van der Waals surface area contributed by atoms with E-state index in [9.17, 15) is 4.79 Å². The summed E-state index contributed by atoms with van der Waals surface area (Å²) < 4.78 is 48.6. The zero-order chi connectivity index (χ0) is 47.0. The van der Waals surface area contributed by atoms with Crippen LogP contribution in [0.3, 0.4) is 0 Å². The maximum Gasteiger partial charge on any atom is 0.338 e. The largest absolute Gasteiger partial charge is 0.460 e. The maximum absolute atomic E-state index is 13.0. The highest BCUT2D eigenvalue weighted by atomic mass is 16.6. The molecule has 9 nitrogen and oxygen atoms in total. The normalized spacial score (nSPS) is 18.0. The number of ether oxygens (including phenoxy) is 7. The lowest BCUT2D eigenvalue weighted by Gasteiger charge is -2.46. The van der Waals surface area contributed by atoms with Gasteiger partial charge in [-0.25, -0.2) is 4.79 Å². The van der Waals surface area contributed by atoms with E-state index in [1.165, 1.54) is 0 Å². The summed E-state index contributed by atoms with van der Waals surface area (Å²) in [5.74, 6) is -0.386. The monoisotopic (exact) mass is 921 g/mol. The number of fused-ring (bicyclic) bond motifs is 1. The van der Waals surface area contributed by atoms with Gasteiger partial charge in [-0.3, -0.25) is 0 Å². The molecule has 0 spiro atoms. The van der Waals surface area contributed by atoms with Crippen molar-refractivity contribution in [3.05, 3.63) is 250 Å². The highest BCUT2D eigenvalue weighted by Gasteiger charge is 2.49. The Morgan fingerprint density at radius 3 is 1.54 bits per heavy atom. The molecule has 0 aliphatic carbocycles. The van der Waals surface area contributed by atoms with E-state index < -0.39 is 30.5 Å². The quantitative estimate of drug-likeness (QED) is 0.0491. The lowest BCUT2D eigenvalue weighted by Crippen LogP contribution is -2.58. The molecule has 0 amide bonds. The molecule has 0 radical (unpaired) electrons. The summed E-state index contributed by atoms with van der Waals surface area (Å²) in [4.78, 5) is 13.0. The first kappa shape index (κ1) is 47.4. The molecule has 1 aliphatic rings. The molecule has 352 valence electrons. The molecule has 0 N–H and O–H groups in total. The molecule has 5 atom stereocenters. The fourth-order valence-corrected chi connectivity index (χ4v) is 8.95. The van der Waals surface area contributed by atoms with Crippen LogP contribution in [-0.2, 0) is 72.7 Å². The summed E-state index contributed by atoms with van der Waals surface area (Å²) in [6, 6.07) is 64.7. The van der Waals surface area contributed by atoms with Gasteiger partial charge >= 0.3 is 5.97 Å². The first-order valence-corrected chi connectivity index (χ1v) is 23.8. The van der Waals surface area contributed by atoms with E-state index in [-0.39, 0.29) is 19.2 Å². The molecule has 9 rings (SSSR count). The summed E-state index contributed by atoms with van der Waals surface area (Å²) in [6.45, 7) is 5.34. The average Bonchev–Trinajstić information content (AvgIpc) is 3.77. The fourth-order valence-electron chi connectivity index (χ4n) is 8.95. The van der Waals surface area contributed by atoms with Crippen molar-refractivity contribution < 1.29 is 38.0 Å². The third-order valence-electron chi connectivity index (χ3n) is 12.4. The van der Waals surface area contributed by atoms with Gasteiger partial charge in [-0.1, -0.05) is 182 Å². The van der Waals surface area contributed by atoms with Crippen molar-refractivity contribution in [2.24, 2.45) is 0 Å². The molecule has 0 unspecified atom stereocenters. The minimum absolute atomic E-state index is 0.169. The van der Waals surface area contributed by atoms with E-state index in [0.717, 1.165) is 55.4 Å². The van der Waals surface area contributed by atoms with Crippen LogP contribution in [0.15, 0.2) is 200 Å². The molecule has 1 aliphatic heterocycles. The Balaban J connectivity index is 1.02. The molecule has 9 heteroatoms. The first-order chi connectivity index (χ1) is 34.1. The van der Waals surface area contributed by atoms with Crippen LogP contribution in [0.1, 0.15) is 61.0 Å². The Hall–Kier alpha value is -6.69. The van der Waals surface area contributed by atoms with Crippen molar-refractivity contribution in [1.29, 1.82) is 0 Å². The van der Waals surface area contributed by atoms with Crippen molar-refractivity contribution in [3.8, 4) is 0 Å². The van der Waals surface area contributed by atoms with Crippen LogP contribution < -0.4 is 0 Å². The Morgan fingerprint density at radius 2 is 0.986 bits per heavy atom. The molecule has 0 saturated carbocycles. The molecule has 1 aromatic heterocycles. The zero-order valence-corrected chi connectivity index (χ0v) is 39.0. The molecular formula is C60H59NO8. The number of carbonyl (C=O) groups is 1. The van der Waals surface area contributed by atoms with Gasteiger partial charge in [-0.15, -0.1) is 0 Å². The van der Waals surface area contributed by atoms with E-state index in [0.29, 0.717) is 51.7 Å². The summed E-state index contributed by atoms with van der Waals surface area (Å²) >= 11 is 0. The van der Waals surface area contributed by atoms with Gasteiger partial charge in [0, 0.05) is 23.7 Å².